The molecule has 1 atom stereocenters. The molecule has 3 aromatic heterocycles. The number of hydrogen-bond acceptors (Lipinski definition) is 6. The zero-order valence-electron chi connectivity index (χ0n) is 15.6. The second-order valence-corrected chi connectivity index (χ2v) is 6.64. The van der Waals surface area contributed by atoms with Crippen molar-refractivity contribution in [1.29, 1.82) is 0 Å². The first kappa shape index (κ1) is 18.6. The first-order chi connectivity index (χ1) is 12.8. The van der Waals surface area contributed by atoms with E-state index in [2.05, 4.69) is 15.5 Å². The Morgan fingerprint density at radius 3 is 2.63 bits per heavy atom. The number of pyridine rings is 1. The number of rotatable bonds is 6. The second kappa shape index (κ2) is 7.22. The van der Waals surface area contributed by atoms with E-state index in [0.717, 1.165) is 11.3 Å². The lowest BCUT2D eigenvalue weighted by Gasteiger charge is -2.13. The highest BCUT2D eigenvalue weighted by atomic mass is 16.5. The predicted molar refractivity (Wildman–Crippen MR) is 97.5 cm³/mol. The topological polar surface area (TPSA) is 118 Å². The van der Waals surface area contributed by atoms with Crippen molar-refractivity contribution in [3.63, 3.8) is 0 Å². The van der Waals surface area contributed by atoms with Gasteiger partial charge in [-0.1, -0.05) is 5.16 Å². The molecule has 0 aliphatic heterocycles. The third kappa shape index (κ3) is 3.84. The van der Waals surface area contributed by atoms with E-state index in [1.807, 2.05) is 19.9 Å². The first-order valence-electron chi connectivity index (χ1n) is 8.63. The van der Waals surface area contributed by atoms with Gasteiger partial charge in [0.25, 0.3) is 11.6 Å². The average Bonchev–Trinajstić information content (AvgIpc) is 3.14. The van der Waals surface area contributed by atoms with Crippen LogP contribution in [0.2, 0.25) is 0 Å². The number of aryl methyl sites for hydroxylation is 3. The number of nitrogens with zero attached hydrogens (tertiary/aromatic N) is 2. The van der Waals surface area contributed by atoms with Crippen LogP contribution in [0.25, 0.3) is 22.4 Å². The van der Waals surface area contributed by atoms with Gasteiger partial charge >= 0.3 is 5.97 Å². The van der Waals surface area contributed by atoms with Crippen molar-refractivity contribution in [1.82, 2.24) is 15.5 Å². The number of fused-ring (bicyclic) bond motifs is 1. The van der Waals surface area contributed by atoms with E-state index >= 15 is 0 Å². The van der Waals surface area contributed by atoms with E-state index in [-0.39, 0.29) is 24.1 Å². The van der Waals surface area contributed by atoms with Crippen molar-refractivity contribution in [2.75, 3.05) is 0 Å². The van der Waals surface area contributed by atoms with Crippen LogP contribution in [0.3, 0.4) is 0 Å². The van der Waals surface area contributed by atoms with Gasteiger partial charge in [0.2, 0.25) is 0 Å². The summed E-state index contributed by atoms with van der Waals surface area (Å²) in [6, 6.07) is 3.24. The summed E-state index contributed by atoms with van der Waals surface area (Å²) in [4.78, 5) is 28.1. The molecule has 0 radical (unpaired) electrons. The van der Waals surface area contributed by atoms with E-state index in [9.17, 15) is 9.59 Å². The summed E-state index contributed by atoms with van der Waals surface area (Å²) in [7, 11) is 0. The molecule has 3 rings (SSSR count). The highest BCUT2D eigenvalue weighted by molar-refractivity contribution is 6.07. The Labute approximate surface area is 155 Å². The van der Waals surface area contributed by atoms with Gasteiger partial charge in [-0.3, -0.25) is 9.59 Å². The largest absolute Gasteiger partial charge is 0.481 e. The van der Waals surface area contributed by atoms with Crippen LogP contribution in [0, 0.1) is 20.8 Å². The number of amides is 1. The lowest BCUT2D eigenvalue weighted by atomic mass is 10.0. The molecule has 0 aromatic carbocycles. The van der Waals surface area contributed by atoms with Crippen LogP contribution < -0.4 is 5.32 Å². The maximum Gasteiger partial charge on any atom is 0.303 e. The molecule has 142 valence electrons. The van der Waals surface area contributed by atoms with Crippen molar-refractivity contribution >= 4 is 23.0 Å². The standard InChI is InChI=1S/C19H21N3O5/c1-9(5-6-16(23)24)20-18(25)14-8-15(13-7-10(2)26-12(13)4)21-19-17(14)11(3)22-27-19/h7-9H,5-6H2,1-4H3,(H,20,25)(H,23,24). The molecule has 27 heavy (non-hydrogen) atoms. The fraction of sp³-hybridized carbons (Fsp3) is 0.368. The molecule has 0 saturated heterocycles. The summed E-state index contributed by atoms with van der Waals surface area (Å²) in [5.41, 5.74) is 2.54. The number of furan rings is 1. The summed E-state index contributed by atoms with van der Waals surface area (Å²) in [5.74, 6) is 0.208. The van der Waals surface area contributed by atoms with Gasteiger partial charge in [-0.15, -0.1) is 0 Å². The number of carboxylic acid groups (broad SMARTS) is 1. The molecule has 0 fully saturated rings. The van der Waals surface area contributed by atoms with E-state index in [4.69, 9.17) is 14.0 Å². The van der Waals surface area contributed by atoms with E-state index < -0.39 is 5.97 Å². The molecule has 3 aromatic rings. The van der Waals surface area contributed by atoms with Gasteiger partial charge in [-0.25, -0.2) is 4.98 Å². The molecule has 8 nitrogen and oxygen atoms in total. The van der Waals surface area contributed by atoms with E-state index in [1.165, 1.54) is 0 Å². The minimum Gasteiger partial charge on any atom is -0.481 e. The minimum absolute atomic E-state index is 0.0156. The number of aromatic nitrogens is 2. The lowest BCUT2D eigenvalue weighted by Crippen LogP contribution is -2.33. The number of carbonyl (C=O) groups excluding carboxylic acids is 1. The summed E-state index contributed by atoms with van der Waals surface area (Å²) in [6.45, 7) is 7.17. The third-order valence-corrected chi connectivity index (χ3v) is 4.35. The van der Waals surface area contributed by atoms with Crippen LogP contribution in [-0.2, 0) is 4.79 Å². The summed E-state index contributed by atoms with van der Waals surface area (Å²) < 4.78 is 10.8. The highest BCUT2D eigenvalue weighted by Gasteiger charge is 2.22. The van der Waals surface area contributed by atoms with Crippen molar-refractivity contribution in [2.24, 2.45) is 0 Å². The van der Waals surface area contributed by atoms with Crippen molar-refractivity contribution in [3.05, 3.63) is 34.9 Å². The summed E-state index contributed by atoms with van der Waals surface area (Å²) in [5, 5.41) is 16.1. The van der Waals surface area contributed by atoms with Gasteiger partial charge in [-0.2, -0.15) is 0 Å². The van der Waals surface area contributed by atoms with Crippen LogP contribution in [0.1, 0.15) is 47.3 Å². The number of hydrogen-bond donors (Lipinski definition) is 2. The van der Waals surface area contributed by atoms with Gasteiger partial charge in [0, 0.05) is 18.0 Å². The smallest absolute Gasteiger partial charge is 0.303 e. The maximum absolute atomic E-state index is 12.9. The van der Waals surface area contributed by atoms with Crippen molar-refractivity contribution in [2.45, 2.75) is 46.6 Å². The monoisotopic (exact) mass is 371 g/mol. The van der Waals surface area contributed by atoms with E-state index in [0.29, 0.717) is 34.5 Å². The number of nitrogens with one attached hydrogen (secondary N) is 1. The van der Waals surface area contributed by atoms with Crippen molar-refractivity contribution in [3.8, 4) is 11.3 Å². The normalized spacial score (nSPS) is 12.3. The quantitative estimate of drug-likeness (QED) is 0.681. The van der Waals surface area contributed by atoms with Crippen LogP contribution in [0.4, 0.5) is 0 Å². The summed E-state index contributed by atoms with van der Waals surface area (Å²) in [6.07, 6.45) is 0.322. The molecular weight excluding hydrogens is 350 g/mol. The van der Waals surface area contributed by atoms with E-state index in [1.54, 1.807) is 19.9 Å². The predicted octanol–water partition coefficient (Wildman–Crippen LogP) is 3.39. The highest BCUT2D eigenvalue weighted by Crippen LogP contribution is 2.30. The fourth-order valence-corrected chi connectivity index (χ4v) is 3.01. The lowest BCUT2D eigenvalue weighted by molar-refractivity contribution is -0.137. The number of carboxylic acids is 1. The molecular formula is C19H21N3O5. The Bertz CT molecular complexity index is 1020. The molecule has 8 heteroatoms. The molecule has 0 aliphatic carbocycles. The third-order valence-electron chi connectivity index (χ3n) is 4.35. The average molecular weight is 371 g/mol. The van der Waals surface area contributed by atoms with Gasteiger partial charge in [0.1, 0.15) is 11.5 Å². The van der Waals surface area contributed by atoms with Crippen LogP contribution in [0.15, 0.2) is 21.1 Å². The van der Waals surface area contributed by atoms with Crippen molar-refractivity contribution < 1.29 is 23.6 Å². The zero-order chi connectivity index (χ0) is 19.7. The Kier molecular flexibility index (Phi) is 4.98. The van der Waals surface area contributed by atoms with Crippen LogP contribution >= 0.6 is 0 Å². The Morgan fingerprint density at radius 1 is 1.26 bits per heavy atom. The molecule has 1 unspecified atom stereocenters. The molecule has 0 spiro atoms. The molecule has 0 saturated carbocycles. The molecule has 0 bridgehead atoms. The van der Waals surface area contributed by atoms with Gasteiger partial charge < -0.3 is 19.4 Å². The zero-order valence-corrected chi connectivity index (χ0v) is 15.6. The summed E-state index contributed by atoms with van der Waals surface area (Å²) >= 11 is 0. The van der Waals surface area contributed by atoms with Gasteiger partial charge in [0.05, 0.1) is 22.3 Å². The maximum atomic E-state index is 12.9. The second-order valence-electron chi connectivity index (χ2n) is 6.64. The van der Waals surface area contributed by atoms with Crippen LogP contribution in [0.5, 0.6) is 0 Å². The fourth-order valence-electron chi connectivity index (χ4n) is 3.01. The molecule has 2 N–H and O–H groups in total. The molecule has 0 aliphatic rings. The van der Waals surface area contributed by atoms with Gasteiger partial charge in [-0.05, 0) is 46.2 Å². The Morgan fingerprint density at radius 2 is 2.00 bits per heavy atom. The Balaban J connectivity index is 2.00. The minimum atomic E-state index is -0.898. The number of aliphatic carboxylic acids is 1. The van der Waals surface area contributed by atoms with Gasteiger partial charge in [0.15, 0.2) is 0 Å². The first-order valence-corrected chi connectivity index (χ1v) is 8.63. The Hall–Kier alpha value is -3.16. The number of carbonyl (C=O) groups is 2. The van der Waals surface area contributed by atoms with Crippen LogP contribution in [-0.4, -0.2) is 33.2 Å². The molecule has 1 amide bonds. The molecule has 3 heterocycles. The SMILES string of the molecule is Cc1cc(-c2cc(C(=O)NC(C)CCC(=O)O)c3c(C)noc3n2)c(C)o1.